The fourth-order valence-electron chi connectivity index (χ4n) is 0.432. The number of nitrogens with two attached hydrogens (primary N) is 2. The second-order valence-electron chi connectivity index (χ2n) is 1.77. The quantitative estimate of drug-likeness (QED) is 0.209. The third-order valence-electron chi connectivity index (χ3n) is 0.822. The summed E-state index contributed by atoms with van der Waals surface area (Å²) >= 11 is 10.2. The zero-order chi connectivity index (χ0) is 8.69. The van der Waals surface area contributed by atoms with Crippen LogP contribution in [0.25, 0.3) is 0 Å². The Kier molecular flexibility index (Phi) is 6.79. The van der Waals surface area contributed by atoms with Gasteiger partial charge in [-0.25, -0.2) is 0 Å². The standard InChI is InChI=1S/C5H11N3S3/c6-4(7)8-2-1-3-11-5(9)10/h1-3H2,(H,9,10)(H4,6,7,8). The fourth-order valence-corrected chi connectivity index (χ4v) is 1.40. The third kappa shape index (κ3) is 10.1. The van der Waals surface area contributed by atoms with Crippen molar-refractivity contribution in [1.29, 1.82) is 0 Å². The minimum absolute atomic E-state index is 0.142. The van der Waals surface area contributed by atoms with Gasteiger partial charge in [-0.15, -0.1) is 24.4 Å². The summed E-state index contributed by atoms with van der Waals surface area (Å²) in [5, 5.41) is 0. The summed E-state index contributed by atoms with van der Waals surface area (Å²) in [7, 11) is 0. The molecule has 0 aliphatic rings. The molecule has 6 heteroatoms. The van der Waals surface area contributed by atoms with Gasteiger partial charge in [-0.05, 0) is 6.42 Å². The molecule has 0 rings (SSSR count). The van der Waals surface area contributed by atoms with E-state index in [1.54, 1.807) is 0 Å². The number of thiol groups is 1. The van der Waals surface area contributed by atoms with E-state index in [-0.39, 0.29) is 5.96 Å². The van der Waals surface area contributed by atoms with E-state index in [1.165, 1.54) is 11.8 Å². The van der Waals surface area contributed by atoms with Crippen molar-refractivity contribution in [3.8, 4) is 0 Å². The SMILES string of the molecule is NC(N)=NCCCSC(=S)S. The van der Waals surface area contributed by atoms with E-state index in [1.807, 2.05) is 0 Å². The van der Waals surface area contributed by atoms with Crippen molar-refractivity contribution in [2.45, 2.75) is 6.42 Å². The molecule has 0 aliphatic heterocycles. The van der Waals surface area contributed by atoms with Crippen LogP contribution in [0.3, 0.4) is 0 Å². The van der Waals surface area contributed by atoms with Gasteiger partial charge < -0.3 is 11.5 Å². The third-order valence-corrected chi connectivity index (χ3v) is 2.30. The highest BCUT2D eigenvalue weighted by molar-refractivity contribution is 8.41. The zero-order valence-electron chi connectivity index (χ0n) is 5.99. The van der Waals surface area contributed by atoms with Crippen LogP contribution < -0.4 is 11.5 Å². The highest BCUT2D eigenvalue weighted by Gasteiger charge is 1.90. The molecule has 0 aromatic heterocycles. The Labute approximate surface area is 81.4 Å². The molecule has 3 nitrogen and oxygen atoms in total. The molecule has 0 bridgehead atoms. The van der Waals surface area contributed by atoms with Gasteiger partial charge in [0, 0.05) is 12.3 Å². The second-order valence-corrected chi connectivity index (χ2v) is 4.60. The first-order valence-corrected chi connectivity index (χ1v) is 4.88. The predicted octanol–water partition coefficient (Wildman–Crippen LogP) is 0.598. The number of thioether (sulfide) groups is 1. The van der Waals surface area contributed by atoms with Crippen molar-refractivity contribution in [3.63, 3.8) is 0 Å². The summed E-state index contributed by atoms with van der Waals surface area (Å²) < 4.78 is 0.662. The molecule has 0 spiro atoms. The molecule has 0 saturated heterocycles. The minimum atomic E-state index is 0.142. The van der Waals surface area contributed by atoms with Crippen molar-refractivity contribution in [1.82, 2.24) is 0 Å². The smallest absolute Gasteiger partial charge is 0.185 e. The highest BCUT2D eigenvalue weighted by Crippen LogP contribution is 2.08. The topological polar surface area (TPSA) is 64.4 Å². The van der Waals surface area contributed by atoms with Gasteiger partial charge in [-0.3, -0.25) is 4.99 Å². The monoisotopic (exact) mass is 209 g/mol. The van der Waals surface area contributed by atoms with E-state index in [4.69, 9.17) is 23.7 Å². The first-order valence-electron chi connectivity index (χ1n) is 3.04. The first kappa shape index (κ1) is 11.1. The summed E-state index contributed by atoms with van der Waals surface area (Å²) in [5.41, 5.74) is 10.2. The van der Waals surface area contributed by atoms with Crippen molar-refractivity contribution >= 4 is 46.1 Å². The molecule has 0 unspecified atom stereocenters. The van der Waals surface area contributed by atoms with Gasteiger partial charge in [0.2, 0.25) is 0 Å². The van der Waals surface area contributed by atoms with Crippen LogP contribution in [0.15, 0.2) is 4.99 Å². The highest BCUT2D eigenvalue weighted by atomic mass is 32.2. The maximum Gasteiger partial charge on any atom is 0.185 e. The van der Waals surface area contributed by atoms with E-state index in [0.29, 0.717) is 10.1 Å². The van der Waals surface area contributed by atoms with Gasteiger partial charge >= 0.3 is 0 Å². The Morgan fingerprint density at radius 1 is 1.55 bits per heavy atom. The van der Waals surface area contributed by atoms with Gasteiger partial charge in [0.1, 0.15) is 3.53 Å². The summed E-state index contributed by atoms with van der Waals surface area (Å²) in [6.07, 6.45) is 0.920. The van der Waals surface area contributed by atoms with Gasteiger partial charge in [0.05, 0.1) is 0 Å². The van der Waals surface area contributed by atoms with E-state index in [2.05, 4.69) is 17.6 Å². The van der Waals surface area contributed by atoms with Crippen LogP contribution in [-0.2, 0) is 0 Å². The van der Waals surface area contributed by atoms with Crippen LogP contribution in [-0.4, -0.2) is 21.8 Å². The summed E-state index contributed by atoms with van der Waals surface area (Å²) in [4.78, 5) is 3.81. The molecule has 64 valence electrons. The molecule has 4 N–H and O–H groups in total. The summed E-state index contributed by atoms with van der Waals surface area (Å²) in [5.74, 6) is 1.06. The van der Waals surface area contributed by atoms with Gasteiger partial charge in [0.25, 0.3) is 0 Å². The average Bonchev–Trinajstić information content (AvgIpc) is 1.85. The Balaban J connectivity index is 3.15. The molecule has 0 aliphatic carbocycles. The number of hydrogen-bond donors (Lipinski definition) is 3. The fraction of sp³-hybridized carbons (Fsp3) is 0.600. The van der Waals surface area contributed by atoms with Crippen LogP contribution in [0.1, 0.15) is 6.42 Å². The van der Waals surface area contributed by atoms with Crippen molar-refractivity contribution in [3.05, 3.63) is 0 Å². The maximum absolute atomic E-state index is 5.11. The van der Waals surface area contributed by atoms with Crippen molar-refractivity contribution in [2.24, 2.45) is 16.5 Å². The maximum atomic E-state index is 5.11. The average molecular weight is 209 g/mol. The Morgan fingerprint density at radius 2 is 2.18 bits per heavy atom. The van der Waals surface area contributed by atoms with Crippen LogP contribution in [0.5, 0.6) is 0 Å². The lowest BCUT2D eigenvalue weighted by molar-refractivity contribution is 0.940. The second kappa shape index (κ2) is 6.75. The molecule has 0 saturated carbocycles. The van der Waals surface area contributed by atoms with Gasteiger partial charge in [0.15, 0.2) is 5.96 Å². The van der Waals surface area contributed by atoms with Gasteiger partial charge in [-0.2, -0.15) is 0 Å². The molecule has 0 aromatic carbocycles. The lowest BCUT2D eigenvalue weighted by Crippen LogP contribution is -2.23. The van der Waals surface area contributed by atoms with E-state index in [9.17, 15) is 0 Å². The molecule has 0 amide bonds. The van der Waals surface area contributed by atoms with Crippen LogP contribution >= 0.6 is 36.6 Å². The molecule has 0 atom stereocenters. The molecule has 0 fully saturated rings. The van der Waals surface area contributed by atoms with E-state index >= 15 is 0 Å². The molecule has 0 heterocycles. The summed E-state index contributed by atoms with van der Waals surface area (Å²) in [6.45, 7) is 0.658. The number of hydrogen-bond acceptors (Lipinski definition) is 3. The Bertz CT molecular complexity index is 153. The van der Waals surface area contributed by atoms with Crippen molar-refractivity contribution < 1.29 is 0 Å². The molecule has 0 aromatic rings. The van der Waals surface area contributed by atoms with Crippen LogP contribution in [0, 0.1) is 0 Å². The lowest BCUT2D eigenvalue weighted by Gasteiger charge is -1.95. The number of aliphatic imine (C=N–C) groups is 1. The van der Waals surface area contributed by atoms with Crippen LogP contribution in [0.4, 0.5) is 0 Å². The normalized spacial score (nSPS) is 9.18. The molecular weight excluding hydrogens is 198 g/mol. The number of nitrogens with zero attached hydrogens (tertiary/aromatic N) is 1. The Morgan fingerprint density at radius 3 is 2.64 bits per heavy atom. The molecule has 11 heavy (non-hydrogen) atoms. The van der Waals surface area contributed by atoms with Crippen molar-refractivity contribution in [2.75, 3.05) is 12.3 Å². The lowest BCUT2D eigenvalue weighted by atomic mass is 10.5. The number of thiocarbonyl (C=S) groups is 1. The van der Waals surface area contributed by atoms with E-state index in [0.717, 1.165) is 12.2 Å². The number of rotatable bonds is 4. The van der Waals surface area contributed by atoms with Gasteiger partial charge in [-0.1, -0.05) is 12.2 Å². The summed E-state index contributed by atoms with van der Waals surface area (Å²) in [6, 6.07) is 0. The Hall–Kier alpha value is 0.0600. The zero-order valence-corrected chi connectivity index (χ0v) is 8.51. The largest absolute Gasteiger partial charge is 0.370 e. The molecular formula is C5H11N3S3. The van der Waals surface area contributed by atoms with E-state index < -0.39 is 0 Å². The minimum Gasteiger partial charge on any atom is -0.370 e. The first-order chi connectivity index (χ1) is 5.13. The molecule has 0 radical (unpaired) electrons. The predicted molar refractivity (Wildman–Crippen MR) is 59.3 cm³/mol. The number of guanidine groups is 1. The van der Waals surface area contributed by atoms with Crippen LogP contribution in [0.2, 0.25) is 0 Å².